The zero-order valence-electron chi connectivity index (χ0n) is 11.8. The van der Waals surface area contributed by atoms with Gasteiger partial charge in [0.05, 0.1) is 12.6 Å². The smallest absolute Gasteiger partial charge is 0.303 e. The van der Waals surface area contributed by atoms with Crippen molar-refractivity contribution in [3.63, 3.8) is 0 Å². The number of carbonyl (C=O) groups is 1. The first-order valence-corrected chi connectivity index (χ1v) is 6.30. The molecule has 1 aromatic heterocycles. The van der Waals surface area contributed by atoms with E-state index in [9.17, 15) is 4.79 Å². The Morgan fingerprint density at radius 1 is 1.37 bits per heavy atom. The minimum absolute atomic E-state index is 0.149. The molecule has 102 valence electrons. The van der Waals surface area contributed by atoms with Crippen LogP contribution in [0.4, 0.5) is 0 Å². The van der Waals surface area contributed by atoms with E-state index >= 15 is 0 Å². The molecule has 2 rings (SSSR count). The summed E-state index contributed by atoms with van der Waals surface area (Å²) >= 11 is 0. The lowest BCUT2D eigenvalue weighted by molar-refractivity contribution is -0.136. The number of aromatic nitrogens is 1. The largest absolute Gasteiger partial charge is 0.495 e. The van der Waals surface area contributed by atoms with Gasteiger partial charge >= 0.3 is 5.97 Å². The molecule has 1 N–H and O–H groups in total. The molecule has 0 atom stereocenters. The molecule has 0 radical (unpaired) electrons. The maximum absolute atomic E-state index is 10.8. The molecule has 2 aromatic rings. The third kappa shape index (κ3) is 2.18. The van der Waals surface area contributed by atoms with Crippen LogP contribution < -0.4 is 4.74 Å². The number of fused-ring (bicyclic) bond motifs is 1. The van der Waals surface area contributed by atoms with E-state index < -0.39 is 5.97 Å². The van der Waals surface area contributed by atoms with E-state index in [1.807, 2.05) is 33.0 Å². The molecule has 0 aliphatic carbocycles. The van der Waals surface area contributed by atoms with Gasteiger partial charge in [-0.3, -0.25) is 4.79 Å². The molecule has 0 fully saturated rings. The molecule has 4 heteroatoms. The number of nitrogens with zero attached hydrogens (tertiary/aromatic N) is 1. The van der Waals surface area contributed by atoms with Crippen LogP contribution in [-0.4, -0.2) is 22.8 Å². The van der Waals surface area contributed by atoms with Crippen molar-refractivity contribution in [2.75, 3.05) is 7.11 Å². The van der Waals surface area contributed by atoms with E-state index in [0.29, 0.717) is 6.42 Å². The summed E-state index contributed by atoms with van der Waals surface area (Å²) in [7, 11) is 3.65. The highest BCUT2D eigenvalue weighted by molar-refractivity contribution is 5.93. The summed E-state index contributed by atoms with van der Waals surface area (Å²) in [6, 6.07) is 3.98. The second-order valence-electron chi connectivity index (χ2n) is 4.83. The van der Waals surface area contributed by atoms with Crippen molar-refractivity contribution in [1.29, 1.82) is 0 Å². The van der Waals surface area contributed by atoms with Gasteiger partial charge in [0.2, 0.25) is 0 Å². The number of carboxylic acid groups (broad SMARTS) is 1. The number of benzene rings is 1. The van der Waals surface area contributed by atoms with Crippen molar-refractivity contribution in [3.8, 4) is 5.75 Å². The fourth-order valence-corrected chi connectivity index (χ4v) is 2.64. The third-order valence-electron chi connectivity index (χ3n) is 3.74. The first-order valence-electron chi connectivity index (χ1n) is 6.30. The SMILES string of the molecule is COc1ccc(C)c2c(CCC(=O)O)c(C)n(C)c12. The Kier molecular flexibility index (Phi) is 3.51. The molecule has 0 bridgehead atoms. The molecule has 0 aliphatic rings. The Morgan fingerprint density at radius 3 is 2.63 bits per heavy atom. The van der Waals surface area contributed by atoms with Gasteiger partial charge < -0.3 is 14.4 Å². The van der Waals surface area contributed by atoms with Crippen molar-refractivity contribution < 1.29 is 14.6 Å². The van der Waals surface area contributed by atoms with Crippen LogP contribution >= 0.6 is 0 Å². The van der Waals surface area contributed by atoms with Crippen molar-refractivity contribution in [3.05, 3.63) is 29.0 Å². The number of aliphatic carboxylic acids is 1. The van der Waals surface area contributed by atoms with E-state index in [2.05, 4.69) is 4.57 Å². The summed E-state index contributed by atoms with van der Waals surface area (Å²) in [5, 5.41) is 10.0. The summed E-state index contributed by atoms with van der Waals surface area (Å²) in [4.78, 5) is 10.8. The van der Waals surface area contributed by atoms with Gasteiger partial charge in [0.1, 0.15) is 5.75 Å². The molecule has 1 heterocycles. The van der Waals surface area contributed by atoms with Crippen molar-refractivity contribution in [1.82, 2.24) is 4.57 Å². The molecule has 0 aliphatic heterocycles. The average Bonchev–Trinajstić information content (AvgIpc) is 2.62. The fourth-order valence-electron chi connectivity index (χ4n) is 2.64. The number of aryl methyl sites for hydroxylation is 3. The van der Waals surface area contributed by atoms with Crippen LogP contribution in [0.1, 0.15) is 23.2 Å². The summed E-state index contributed by atoms with van der Waals surface area (Å²) < 4.78 is 7.50. The van der Waals surface area contributed by atoms with E-state index in [4.69, 9.17) is 9.84 Å². The standard InChI is InChI=1S/C15H19NO3/c1-9-5-7-12(19-4)15-14(9)11(6-8-13(17)18)10(2)16(15)3/h5,7H,6,8H2,1-4H3,(H,17,18). The lowest BCUT2D eigenvalue weighted by atomic mass is 10.0. The predicted molar refractivity (Wildman–Crippen MR) is 74.9 cm³/mol. The molecule has 0 spiro atoms. The zero-order valence-corrected chi connectivity index (χ0v) is 11.8. The van der Waals surface area contributed by atoms with Crippen LogP contribution in [0.25, 0.3) is 10.9 Å². The number of hydrogen-bond donors (Lipinski definition) is 1. The summed E-state index contributed by atoms with van der Waals surface area (Å²) in [6.45, 7) is 4.07. The van der Waals surface area contributed by atoms with E-state index in [0.717, 1.165) is 33.5 Å². The second kappa shape index (κ2) is 4.96. The number of methoxy groups -OCH3 is 1. The molecular weight excluding hydrogens is 242 g/mol. The van der Waals surface area contributed by atoms with Crippen molar-refractivity contribution >= 4 is 16.9 Å². The van der Waals surface area contributed by atoms with Gasteiger partial charge in [-0.15, -0.1) is 0 Å². The lowest BCUT2D eigenvalue weighted by Gasteiger charge is -2.07. The van der Waals surface area contributed by atoms with Crippen LogP contribution in [0, 0.1) is 13.8 Å². The average molecular weight is 261 g/mol. The summed E-state index contributed by atoms with van der Waals surface area (Å²) in [5.74, 6) is 0.0599. The molecule has 19 heavy (non-hydrogen) atoms. The summed E-state index contributed by atoms with van der Waals surface area (Å²) in [6.07, 6.45) is 0.698. The molecule has 0 amide bonds. The van der Waals surface area contributed by atoms with Crippen LogP contribution in [0.2, 0.25) is 0 Å². The molecule has 0 saturated carbocycles. The van der Waals surface area contributed by atoms with Gasteiger partial charge in [-0.05, 0) is 37.5 Å². The maximum Gasteiger partial charge on any atom is 0.303 e. The Balaban J connectivity index is 2.70. The van der Waals surface area contributed by atoms with Gasteiger partial charge in [0.15, 0.2) is 0 Å². The third-order valence-corrected chi connectivity index (χ3v) is 3.74. The highest BCUT2D eigenvalue weighted by atomic mass is 16.5. The van der Waals surface area contributed by atoms with Crippen LogP contribution in [0.3, 0.4) is 0 Å². The normalized spacial score (nSPS) is 10.9. The Morgan fingerprint density at radius 2 is 2.05 bits per heavy atom. The first kappa shape index (κ1) is 13.5. The van der Waals surface area contributed by atoms with Crippen LogP contribution in [-0.2, 0) is 18.3 Å². The van der Waals surface area contributed by atoms with E-state index in [-0.39, 0.29) is 6.42 Å². The Hall–Kier alpha value is -1.97. The molecule has 0 saturated heterocycles. The van der Waals surface area contributed by atoms with Gasteiger partial charge in [-0.2, -0.15) is 0 Å². The monoisotopic (exact) mass is 261 g/mol. The summed E-state index contributed by atoms with van der Waals surface area (Å²) in [5.41, 5.74) is 4.40. The van der Waals surface area contributed by atoms with Gasteiger partial charge in [0, 0.05) is 24.5 Å². The van der Waals surface area contributed by atoms with E-state index in [1.54, 1.807) is 7.11 Å². The lowest BCUT2D eigenvalue weighted by Crippen LogP contribution is -1.99. The van der Waals surface area contributed by atoms with E-state index in [1.165, 1.54) is 0 Å². The predicted octanol–water partition coefficient (Wildman–Crippen LogP) is 2.82. The molecular formula is C15H19NO3. The molecule has 0 unspecified atom stereocenters. The van der Waals surface area contributed by atoms with Crippen molar-refractivity contribution in [2.45, 2.75) is 26.7 Å². The number of ether oxygens (including phenoxy) is 1. The number of hydrogen-bond acceptors (Lipinski definition) is 2. The quantitative estimate of drug-likeness (QED) is 0.920. The topological polar surface area (TPSA) is 51.5 Å². The minimum Gasteiger partial charge on any atom is -0.495 e. The number of carboxylic acids is 1. The second-order valence-corrected chi connectivity index (χ2v) is 4.83. The highest BCUT2D eigenvalue weighted by Gasteiger charge is 2.17. The maximum atomic E-state index is 10.8. The number of rotatable bonds is 4. The van der Waals surface area contributed by atoms with Crippen LogP contribution in [0.15, 0.2) is 12.1 Å². The zero-order chi connectivity index (χ0) is 14.2. The Bertz CT molecular complexity index is 641. The van der Waals surface area contributed by atoms with Gasteiger partial charge in [-0.1, -0.05) is 6.07 Å². The van der Waals surface area contributed by atoms with Gasteiger partial charge in [0.25, 0.3) is 0 Å². The Labute approximate surface area is 112 Å². The van der Waals surface area contributed by atoms with Crippen molar-refractivity contribution in [2.24, 2.45) is 7.05 Å². The fraction of sp³-hybridized carbons (Fsp3) is 0.400. The van der Waals surface area contributed by atoms with Crippen LogP contribution in [0.5, 0.6) is 5.75 Å². The molecule has 4 nitrogen and oxygen atoms in total. The minimum atomic E-state index is -0.767. The van der Waals surface area contributed by atoms with Gasteiger partial charge in [-0.25, -0.2) is 0 Å². The molecule has 1 aromatic carbocycles. The highest BCUT2D eigenvalue weighted by Crippen LogP contribution is 2.35. The first-order chi connectivity index (χ1) is 8.97.